The fraction of sp³-hybridized carbons (Fsp3) is 0.462. The van der Waals surface area contributed by atoms with Crippen LogP contribution in [0.25, 0.3) is 0 Å². The molecule has 0 radical (unpaired) electrons. The molecule has 1 aromatic rings. The smallest absolute Gasteiger partial charge is 0.310 e. The molecule has 1 aliphatic rings. The zero-order valence-corrected chi connectivity index (χ0v) is 11.5. The summed E-state index contributed by atoms with van der Waals surface area (Å²) in [4.78, 5) is 24.5. The van der Waals surface area contributed by atoms with Crippen LogP contribution < -0.4 is 10.1 Å². The number of hydrogen-bond donors (Lipinski definition) is 1. The van der Waals surface area contributed by atoms with Crippen LogP contribution in [0.3, 0.4) is 0 Å². The zero-order valence-electron chi connectivity index (χ0n) is 11.5. The van der Waals surface area contributed by atoms with Gasteiger partial charge in [0.05, 0.1) is 18.1 Å². The molecule has 7 heteroatoms. The first-order valence-electron chi connectivity index (χ1n) is 6.42. The van der Waals surface area contributed by atoms with E-state index in [9.17, 15) is 14.9 Å². The first-order valence-corrected chi connectivity index (χ1v) is 6.42. The first-order chi connectivity index (χ1) is 9.58. The van der Waals surface area contributed by atoms with Gasteiger partial charge in [0.2, 0.25) is 0 Å². The summed E-state index contributed by atoms with van der Waals surface area (Å²) in [6.07, 6.45) is 0. The van der Waals surface area contributed by atoms with Gasteiger partial charge >= 0.3 is 5.69 Å². The minimum absolute atomic E-state index is 0.101. The Balaban J connectivity index is 2.27. The van der Waals surface area contributed by atoms with Crippen molar-refractivity contribution in [2.75, 3.05) is 26.7 Å². The molecule has 0 atom stereocenters. The summed E-state index contributed by atoms with van der Waals surface area (Å²) in [7, 11) is 1.35. The molecule has 1 amide bonds. The lowest BCUT2D eigenvalue weighted by Crippen LogP contribution is -2.58. The van der Waals surface area contributed by atoms with Gasteiger partial charge in [-0.2, -0.15) is 0 Å². The van der Waals surface area contributed by atoms with Gasteiger partial charge < -0.3 is 15.0 Å². The first kappa shape index (κ1) is 14.3. The predicted octanol–water partition coefficient (Wildman–Crippen LogP) is 1.04. The van der Waals surface area contributed by atoms with Crippen molar-refractivity contribution >= 4 is 11.6 Å². The van der Waals surface area contributed by atoms with Crippen molar-refractivity contribution in [3.8, 4) is 5.75 Å². The molecule has 1 aliphatic heterocycles. The second kappa shape index (κ2) is 5.87. The summed E-state index contributed by atoms with van der Waals surface area (Å²) in [6.45, 7) is 4.08. The number of carbonyl (C=O) groups is 1. The number of benzene rings is 1. The van der Waals surface area contributed by atoms with E-state index in [4.69, 9.17) is 4.74 Å². The molecule has 2 rings (SSSR count). The Hall–Kier alpha value is -2.15. The average Bonchev–Trinajstić information content (AvgIpc) is 2.40. The third-order valence-corrected chi connectivity index (χ3v) is 3.43. The molecule has 0 bridgehead atoms. The van der Waals surface area contributed by atoms with Gasteiger partial charge in [0.15, 0.2) is 5.75 Å². The van der Waals surface area contributed by atoms with Crippen LogP contribution in [0.15, 0.2) is 18.2 Å². The Bertz CT molecular complexity index is 528. The Labute approximate surface area is 116 Å². The highest BCUT2D eigenvalue weighted by atomic mass is 16.6. The Morgan fingerprint density at radius 2 is 2.25 bits per heavy atom. The molecule has 108 valence electrons. The van der Waals surface area contributed by atoms with E-state index in [1.165, 1.54) is 25.3 Å². The Kier molecular flexibility index (Phi) is 4.19. The molecule has 0 aromatic heterocycles. The minimum Gasteiger partial charge on any atom is -0.490 e. The van der Waals surface area contributed by atoms with Crippen LogP contribution >= 0.6 is 0 Å². The fourth-order valence-corrected chi connectivity index (χ4v) is 2.19. The summed E-state index contributed by atoms with van der Waals surface area (Å²) in [5.41, 5.74) is 0.263. The number of amides is 1. The number of likely N-dealkylation sites (N-methyl/N-ethyl adjacent to an activating group) is 1. The molecule has 0 aliphatic carbocycles. The number of rotatable bonds is 5. The van der Waals surface area contributed by atoms with Crippen LogP contribution in [0.5, 0.6) is 5.75 Å². The van der Waals surface area contributed by atoms with Crippen LogP contribution in [0, 0.1) is 10.1 Å². The lowest BCUT2D eigenvalue weighted by molar-refractivity contribution is -0.385. The molecule has 1 saturated heterocycles. The quantitative estimate of drug-likeness (QED) is 0.643. The topological polar surface area (TPSA) is 84.7 Å². The largest absolute Gasteiger partial charge is 0.490 e. The standard InChI is InChI=1S/C13H17N3O4/c1-3-15(10-7-14-8-10)13(17)9-4-5-11(16(18)19)12(6-9)20-2/h4-6,10,14H,3,7-8H2,1-2H3. The third-order valence-electron chi connectivity index (χ3n) is 3.43. The summed E-state index contributed by atoms with van der Waals surface area (Å²) in [5.74, 6) is -0.0316. The van der Waals surface area contributed by atoms with Crippen LogP contribution in [-0.2, 0) is 0 Å². The molecule has 20 heavy (non-hydrogen) atoms. The predicted molar refractivity (Wildman–Crippen MR) is 73.0 cm³/mol. The Morgan fingerprint density at radius 1 is 1.55 bits per heavy atom. The lowest BCUT2D eigenvalue weighted by Gasteiger charge is -2.37. The normalized spacial score (nSPS) is 14.5. The van der Waals surface area contributed by atoms with Crippen molar-refractivity contribution in [1.82, 2.24) is 10.2 Å². The number of nitrogens with one attached hydrogen (secondary N) is 1. The van der Waals surface area contributed by atoms with Crippen molar-refractivity contribution in [3.05, 3.63) is 33.9 Å². The van der Waals surface area contributed by atoms with E-state index >= 15 is 0 Å². The molecule has 0 unspecified atom stereocenters. The van der Waals surface area contributed by atoms with Crippen LogP contribution in [0.4, 0.5) is 5.69 Å². The summed E-state index contributed by atoms with van der Waals surface area (Å²) < 4.78 is 4.99. The number of carbonyl (C=O) groups excluding carboxylic acids is 1. The van der Waals surface area contributed by atoms with E-state index in [2.05, 4.69) is 5.32 Å². The molecule has 1 fully saturated rings. The van der Waals surface area contributed by atoms with Crippen LogP contribution in [0.2, 0.25) is 0 Å². The molecular weight excluding hydrogens is 262 g/mol. The molecule has 1 N–H and O–H groups in total. The molecule has 1 heterocycles. The number of ether oxygens (including phenoxy) is 1. The minimum atomic E-state index is -0.527. The monoisotopic (exact) mass is 279 g/mol. The molecule has 1 aromatic carbocycles. The van der Waals surface area contributed by atoms with Crippen molar-refractivity contribution < 1.29 is 14.5 Å². The number of nitro benzene ring substituents is 1. The summed E-state index contributed by atoms with van der Waals surface area (Å²) in [5, 5.41) is 14.0. The second-order valence-electron chi connectivity index (χ2n) is 4.55. The molecule has 0 saturated carbocycles. The van der Waals surface area contributed by atoms with Crippen LogP contribution in [-0.4, -0.2) is 48.5 Å². The van der Waals surface area contributed by atoms with E-state index < -0.39 is 4.92 Å². The van der Waals surface area contributed by atoms with Gasteiger partial charge in [0.25, 0.3) is 5.91 Å². The number of methoxy groups -OCH3 is 1. The lowest BCUT2D eigenvalue weighted by atomic mass is 10.1. The van der Waals surface area contributed by atoms with Gasteiger partial charge in [0.1, 0.15) is 0 Å². The van der Waals surface area contributed by atoms with E-state index in [-0.39, 0.29) is 23.4 Å². The number of nitro groups is 1. The highest BCUT2D eigenvalue weighted by Gasteiger charge is 2.29. The number of nitrogens with zero attached hydrogens (tertiary/aromatic N) is 2. The van der Waals surface area contributed by atoms with E-state index in [1.807, 2.05) is 6.92 Å². The maximum atomic E-state index is 12.4. The van der Waals surface area contributed by atoms with Crippen molar-refractivity contribution in [2.45, 2.75) is 13.0 Å². The summed E-state index contributed by atoms with van der Waals surface area (Å²) >= 11 is 0. The van der Waals surface area contributed by atoms with Crippen LogP contribution in [0.1, 0.15) is 17.3 Å². The highest BCUT2D eigenvalue weighted by molar-refractivity contribution is 5.95. The van der Waals surface area contributed by atoms with E-state index in [1.54, 1.807) is 4.90 Å². The maximum Gasteiger partial charge on any atom is 0.310 e. The van der Waals surface area contributed by atoms with Gasteiger partial charge in [-0.05, 0) is 13.0 Å². The van der Waals surface area contributed by atoms with Crippen molar-refractivity contribution in [2.24, 2.45) is 0 Å². The SMILES string of the molecule is CCN(C(=O)c1ccc([N+](=O)[O-])c(OC)c1)C1CNC1. The average molecular weight is 279 g/mol. The van der Waals surface area contributed by atoms with Crippen molar-refractivity contribution in [3.63, 3.8) is 0 Å². The summed E-state index contributed by atoms with van der Waals surface area (Å²) in [6, 6.07) is 4.39. The van der Waals surface area contributed by atoms with E-state index in [0.717, 1.165) is 13.1 Å². The van der Waals surface area contributed by atoms with E-state index in [0.29, 0.717) is 12.1 Å². The molecule has 7 nitrogen and oxygen atoms in total. The molecule has 0 spiro atoms. The van der Waals surface area contributed by atoms with Gasteiger partial charge in [-0.15, -0.1) is 0 Å². The second-order valence-corrected chi connectivity index (χ2v) is 4.55. The highest BCUT2D eigenvalue weighted by Crippen LogP contribution is 2.28. The van der Waals surface area contributed by atoms with Gasteiger partial charge in [-0.3, -0.25) is 14.9 Å². The zero-order chi connectivity index (χ0) is 14.7. The maximum absolute atomic E-state index is 12.4. The fourth-order valence-electron chi connectivity index (χ4n) is 2.19. The molecular formula is C13H17N3O4. The van der Waals surface area contributed by atoms with Gasteiger partial charge in [-0.25, -0.2) is 0 Å². The third kappa shape index (κ3) is 2.57. The Morgan fingerprint density at radius 3 is 2.70 bits per heavy atom. The van der Waals surface area contributed by atoms with Gasteiger partial charge in [-0.1, -0.05) is 0 Å². The van der Waals surface area contributed by atoms with Gasteiger partial charge in [0, 0.05) is 37.3 Å². The van der Waals surface area contributed by atoms with Crippen molar-refractivity contribution in [1.29, 1.82) is 0 Å². The number of hydrogen-bond acceptors (Lipinski definition) is 5.